The number of halogens is 1. The molecule has 0 aliphatic carbocycles. The van der Waals surface area contributed by atoms with Gasteiger partial charge in [-0.05, 0) is 35.0 Å². The quantitative estimate of drug-likeness (QED) is 0.589. The molecule has 0 saturated heterocycles. The van der Waals surface area contributed by atoms with E-state index >= 15 is 0 Å². The molecule has 0 atom stereocenters. The van der Waals surface area contributed by atoms with Crippen molar-refractivity contribution in [3.8, 4) is 11.4 Å². The van der Waals surface area contributed by atoms with Gasteiger partial charge in [0.25, 0.3) is 0 Å². The number of nitrogen functional groups attached to an aromatic ring is 1. The number of aryl methyl sites for hydroxylation is 1. The van der Waals surface area contributed by atoms with Crippen molar-refractivity contribution in [2.45, 2.75) is 13.0 Å². The number of rotatable bonds is 8. The van der Waals surface area contributed by atoms with E-state index in [9.17, 15) is 0 Å². The van der Waals surface area contributed by atoms with E-state index in [1.807, 2.05) is 6.07 Å². The van der Waals surface area contributed by atoms with Crippen molar-refractivity contribution in [1.82, 2.24) is 20.2 Å². The number of nitrogens with zero attached hydrogens (tertiary/aromatic N) is 4. The highest BCUT2D eigenvalue weighted by Crippen LogP contribution is 2.25. The largest absolute Gasteiger partial charge is 0.398 e. The van der Waals surface area contributed by atoms with Crippen molar-refractivity contribution in [2.75, 3.05) is 32.7 Å². The Kier molecular flexibility index (Phi) is 5.91. The highest BCUT2D eigenvalue weighted by atomic mass is 35.5. The summed E-state index contributed by atoms with van der Waals surface area (Å²) in [5.74, 6) is 0.661. The summed E-state index contributed by atoms with van der Waals surface area (Å²) in [6.07, 6.45) is 0.810. The van der Waals surface area contributed by atoms with E-state index in [1.165, 1.54) is 0 Å². The predicted molar refractivity (Wildman–Crippen MR) is 80.0 cm³/mol. The van der Waals surface area contributed by atoms with E-state index < -0.39 is 0 Å². The van der Waals surface area contributed by atoms with E-state index in [1.54, 1.807) is 23.9 Å². The first-order valence-electron chi connectivity index (χ1n) is 6.60. The van der Waals surface area contributed by atoms with E-state index in [0.29, 0.717) is 42.9 Å². The summed E-state index contributed by atoms with van der Waals surface area (Å²) in [6, 6.07) is 5.34. The van der Waals surface area contributed by atoms with Crippen LogP contribution in [0.5, 0.6) is 0 Å². The van der Waals surface area contributed by atoms with Crippen molar-refractivity contribution in [3.63, 3.8) is 0 Å². The Hall–Kier alpha value is -1.70. The zero-order chi connectivity index (χ0) is 15.1. The topological polar surface area (TPSA) is 88.1 Å². The maximum absolute atomic E-state index is 6.02. The van der Waals surface area contributed by atoms with Gasteiger partial charge in [0.05, 0.1) is 23.9 Å². The van der Waals surface area contributed by atoms with Crippen molar-refractivity contribution in [3.05, 3.63) is 23.2 Å². The lowest BCUT2D eigenvalue weighted by molar-refractivity contribution is 0.0677. The normalized spacial score (nSPS) is 11.0. The molecule has 114 valence electrons. The highest BCUT2D eigenvalue weighted by molar-refractivity contribution is 6.33. The summed E-state index contributed by atoms with van der Waals surface area (Å²) < 4.78 is 12.0. The lowest BCUT2D eigenvalue weighted by Crippen LogP contribution is -2.08. The summed E-state index contributed by atoms with van der Waals surface area (Å²) >= 11 is 6.02. The second kappa shape index (κ2) is 7.92. The zero-order valence-electron chi connectivity index (χ0n) is 11.8. The third kappa shape index (κ3) is 4.38. The van der Waals surface area contributed by atoms with Crippen molar-refractivity contribution < 1.29 is 9.47 Å². The van der Waals surface area contributed by atoms with E-state index in [-0.39, 0.29) is 0 Å². The molecule has 0 radical (unpaired) electrons. The van der Waals surface area contributed by atoms with Crippen LogP contribution in [0.25, 0.3) is 11.4 Å². The predicted octanol–water partition coefficient (Wildman–Crippen LogP) is 1.63. The molecular formula is C13H18ClN5O2. The van der Waals surface area contributed by atoms with Crippen LogP contribution in [0.4, 0.5) is 5.69 Å². The molecule has 21 heavy (non-hydrogen) atoms. The molecule has 7 nitrogen and oxygen atoms in total. The molecular weight excluding hydrogens is 294 g/mol. The van der Waals surface area contributed by atoms with Gasteiger partial charge < -0.3 is 15.2 Å². The summed E-state index contributed by atoms with van der Waals surface area (Å²) in [4.78, 5) is 0. The van der Waals surface area contributed by atoms with E-state index in [2.05, 4.69) is 15.5 Å². The molecule has 0 aliphatic heterocycles. The number of methoxy groups -OCH3 is 1. The first-order chi connectivity index (χ1) is 10.2. The molecule has 0 saturated carbocycles. The maximum atomic E-state index is 6.02. The van der Waals surface area contributed by atoms with Gasteiger partial charge in [0.2, 0.25) is 0 Å². The minimum atomic E-state index is 0.491. The van der Waals surface area contributed by atoms with Gasteiger partial charge >= 0.3 is 0 Å². The van der Waals surface area contributed by atoms with Crippen LogP contribution in [0.1, 0.15) is 6.42 Å². The summed E-state index contributed by atoms with van der Waals surface area (Å²) in [6.45, 7) is 2.48. The van der Waals surface area contributed by atoms with Crippen molar-refractivity contribution in [1.29, 1.82) is 0 Å². The van der Waals surface area contributed by atoms with Crippen molar-refractivity contribution in [2.24, 2.45) is 0 Å². The molecule has 1 aromatic heterocycles. The first-order valence-corrected chi connectivity index (χ1v) is 6.98. The lowest BCUT2D eigenvalue weighted by Gasteiger charge is -2.06. The molecule has 1 aromatic carbocycles. The molecule has 0 fully saturated rings. The monoisotopic (exact) mass is 311 g/mol. The number of hydrogen-bond donors (Lipinski definition) is 1. The minimum absolute atomic E-state index is 0.491. The third-order valence-corrected chi connectivity index (χ3v) is 3.21. The van der Waals surface area contributed by atoms with Gasteiger partial charge in [-0.1, -0.05) is 11.6 Å². The summed E-state index contributed by atoms with van der Waals surface area (Å²) in [5.41, 5.74) is 7.07. The van der Waals surface area contributed by atoms with Crippen LogP contribution in [-0.4, -0.2) is 47.1 Å². The number of aromatic nitrogens is 4. The smallest absolute Gasteiger partial charge is 0.182 e. The number of nitrogens with two attached hydrogens (primary N) is 1. The van der Waals surface area contributed by atoms with Gasteiger partial charge in [0.1, 0.15) is 0 Å². The van der Waals surface area contributed by atoms with Gasteiger partial charge in [-0.25, -0.2) is 4.68 Å². The SMILES string of the molecule is COCCOCCCn1nnnc1-c1ccc(N)c(Cl)c1. The van der Waals surface area contributed by atoms with Crippen LogP contribution in [0.15, 0.2) is 18.2 Å². The Morgan fingerprint density at radius 1 is 1.29 bits per heavy atom. The Morgan fingerprint density at radius 3 is 2.90 bits per heavy atom. The molecule has 0 bridgehead atoms. The van der Waals surface area contributed by atoms with Crippen LogP contribution in [0.3, 0.4) is 0 Å². The summed E-state index contributed by atoms with van der Waals surface area (Å²) in [7, 11) is 1.65. The first kappa shape index (κ1) is 15.7. The second-order valence-electron chi connectivity index (χ2n) is 4.42. The zero-order valence-corrected chi connectivity index (χ0v) is 12.6. The fourth-order valence-electron chi connectivity index (χ4n) is 1.79. The summed E-state index contributed by atoms with van der Waals surface area (Å²) in [5, 5.41) is 12.2. The molecule has 0 unspecified atom stereocenters. The minimum Gasteiger partial charge on any atom is -0.398 e. The van der Waals surface area contributed by atoms with Crippen LogP contribution < -0.4 is 5.73 Å². The number of ether oxygens (including phenoxy) is 2. The van der Waals surface area contributed by atoms with Gasteiger partial charge in [0, 0.05) is 25.8 Å². The standard InChI is InChI=1S/C13H18ClN5O2/c1-20-7-8-21-6-2-5-19-13(16-17-18-19)10-3-4-12(15)11(14)9-10/h3-4,9H,2,5-8,15H2,1H3. The molecule has 2 aromatic rings. The Balaban J connectivity index is 1.93. The van der Waals surface area contributed by atoms with E-state index in [0.717, 1.165) is 12.0 Å². The average Bonchev–Trinajstić information content (AvgIpc) is 2.94. The number of benzene rings is 1. The maximum Gasteiger partial charge on any atom is 0.182 e. The van der Waals surface area contributed by atoms with Gasteiger partial charge in [-0.2, -0.15) is 0 Å². The van der Waals surface area contributed by atoms with Gasteiger partial charge in [-0.15, -0.1) is 5.10 Å². The van der Waals surface area contributed by atoms with Crippen molar-refractivity contribution >= 4 is 17.3 Å². The van der Waals surface area contributed by atoms with Crippen LogP contribution >= 0.6 is 11.6 Å². The van der Waals surface area contributed by atoms with Crippen LogP contribution in [0, 0.1) is 0 Å². The number of anilines is 1. The van der Waals surface area contributed by atoms with Crippen LogP contribution in [0.2, 0.25) is 5.02 Å². The molecule has 1 heterocycles. The van der Waals surface area contributed by atoms with Crippen LogP contribution in [-0.2, 0) is 16.0 Å². The van der Waals surface area contributed by atoms with Gasteiger partial charge in [0.15, 0.2) is 5.82 Å². The Labute approximate surface area is 128 Å². The van der Waals surface area contributed by atoms with E-state index in [4.69, 9.17) is 26.8 Å². The second-order valence-corrected chi connectivity index (χ2v) is 4.83. The average molecular weight is 312 g/mol. The number of hydrogen-bond acceptors (Lipinski definition) is 6. The Bertz CT molecular complexity index is 575. The molecule has 8 heteroatoms. The third-order valence-electron chi connectivity index (χ3n) is 2.88. The Morgan fingerprint density at radius 2 is 2.14 bits per heavy atom. The molecule has 0 spiro atoms. The molecule has 2 N–H and O–H groups in total. The lowest BCUT2D eigenvalue weighted by atomic mass is 10.2. The fraction of sp³-hybridized carbons (Fsp3) is 0.462. The molecule has 2 rings (SSSR count). The highest BCUT2D eigenvalue weighted by Gasteiger charge is 2.10. The fourth-order valence-corrected chi connectivity index (χ4v) is 1.97. The number of tetrazole rings is 1. The van der Waals surface area contributed by atoms with Gasteiger partial charge in [-0.3, -0.25) is 0 Å². The molecule has 0 amide bonds. The molecule has 0 aliphatic rings.